The second-order valence-corrected chi connectivity index (χ2v) is 5.72. The van der Waals surface area contributed by atoms with Crippen molar-refractivity contribution in [2.45, 2.75) is 39.0 Å². The van der Waals surface area contributed by atoms with Crippen LogP contribution in [0.3, 0.4) is 0 Å². The van der Waals surface area contributed by atoms with Gasteiger partial charge in [-0.3, -0.25) is 4.90 Å². The third-order valence-corrected chi connectivity index (χ3v) is 3.73. The first-order chi connectivity index (χ1) is 9.58. The van der Waals surface area contributed by atoms with Gasteiger partial charge in [0, 0.05) is 30.7 Å². The fraction of sp³-hybridized carbons (Fsp3) is 0.625. The zero-order valence-electron chi connectivity index (χ0n) is 12.7. The lowest BCUT2D eigenvalue weighted by Gasteiger charge is -2.35. The number of hydrogen-bond acceptors (Lipinski definition) is 4. The van der Waals surface area contributed by atoms with Crippen LogP contribution >= 0.6 is 0 Å². The number of morpholine rings is 1. The van der Waals surface area contributed by atoms with Gasteiger partial charge in [0.2, 0.25) is 0 Å². The molecule has 0 amide bonds. The molecule has 1 aromatic rings. The highest BCUT2D eigenvalue weighted by molar-refractivity contribution is 5.35. The summed E-state index contributed by atoms with van der Waals surface area (Å²) < 4.78 is 11.7. The monoisotopic (exact) mass is 278 g/mol. The molecule has 1 fully saturated rings. The molecule has 1 aliphatic heterocycles. The summed E-state index contributed by atoms with van der Waals surface area (Å²) in [7, 11) is 0. The molecule has 4 heteroatoms. The topological polar surface area (TPSA) is 47.7 Å². The second kappa shape index (κ2) is 7.07. The Morgan fingerprint density at radius 3 is 2.80 bits per heavy atom. The summed E-state index contributed by atoms with van der Waals surface area (Å²) >= 11 is 0. The van der Waals surface area contributed by atoms with E-state index in [-0.39, 0.29) is 12.1 Å². The zero-order valence-corrected chi connectivity index (χ0v) is 12.7. The SMILES string of the molecule is CC(N)c1ccccc1OCC1CN(C(C)C)CCO1. The van der Waals surface area contributed by atoms with Crippen LogP contribution in [0.25, 0.3) is 0 Å². The maximum Gasteiger partial charge on any atom is 0.124 e. The fourth-order valence-corrected chi connectivity index (χ4v) is 2.48. The van der Waals surface area contributed by atoms with Crippen molar-refractivity contribution in [2.75, 3.05) is 26.3 Å². The molecule has 112 valence electrons. The van der Waals surface area contributed by atoms with Crippen molar-refractivity contribution < 1.29 is 9.47 Å². The van der Waals surface area contributed by atoms with E-state index in [9.17, 15) is 0 Å². The summed E-state index contributed by atoms with van der Waals surface area (Å²) in [5.74, 6) is 0.868. The van der Waals surface area contributed by atoms with Crippen molar-refractivity contribution in [1.29, 1.82) is 0 Å². The van der Waals surface area contributed by atoms with Gasteiger partial charge in [0.15, 0.2) is 0 Å². The summed E-state index contributed by atoms with van der Waals surface area (Å²) in [6, 6.07) is 8.49. The van der Waals surface area contributed by atoms with Crippen molar-refractivity contribution in [2.24, 2.45) is 5.73 Å². The molecular weight excluding hydrogens is 252 g/mol. The quantitative estimate of drug-likeness (QED) is 0.897. The maximum atomic E-state index is 5.97. The van der Waals surface area contributed by atoms with Crippen molar-refractivity contribution in [3.05, 3.63) is 29.8 Å². The molecule has 2 rings (SSSR count). The molecule has 0 bridgehead atoms. The summed E-state index contributed by atoms with van der Waals surface area (Å²) in [6.07, 6.45) is 0.132. The van der Waals surface area contributed by atoms with Crippen LogP contribution in [0.1, 0.15) is 32.4 Å². The average Bonchev–Trinajstić information content (AvgIpc) is 2.45. The van der Waals surface area contributed by atoms with E-state index in [0.29, 0.717) is 12.6 Å². The van der Waals surface area contributed by atoms with Gasteiger partial charge < -0.3 is 15.2 Å². The molecule has 1 saturated heterocycles. The number of rotatable bonds is 5. The molecule has 0 saturated carbocycles. The zero-order chi connectivity index (χ0) is 14.5. The van der Waals surface area contributed by atoms with Gasteiger partial charge in [-0.15, -0.1) is 0 Å². The summed E-state index contributed by atoms with van der Waals surface area (Å²) in [5.41, 5.74) is 7.01. The Bertz CT molecular complexity index is 421. The van der Waals surface area contributed by atoms with Gasteiger partial charge in [-0.25, -0.2) is 0 Å². The van der Waals surface area contributed by atoms with E-state index in [4.69, 9.17) is 15.2 Å². The van der Waals surface area contributed by atoms with Gasteiger partial charge in [-0.1, -0.05) is 18.2 Å². The first kappa shape index (κ1) is 15.3. The molecule has 0 aliphatic carbocycles. The largest absolute Gasteiger partial charge is 0.490 e. The smallest absolute Gasteiger partial charge is 0.124 e. The van der Waals surface area contributed by atoms with Crippen LogP contribution in [0.5, 0.6) is 5.75 Å². The predicted octanol–water partition coefficient (Wildman–Crippen LogP) is 2.19. The summed E-state index contributed by atoms with van der Waals surface area (Å²) in [5, 5.41) is 0. The average molecular weight is 278 g/mol. The molecule has 0 radical (unpaired) electrons. The van der Waals surface area contributed by atoms with E-state index in [2.05, 4.69) is 18.7 Å². The van der Waals surface area contributed by atoms with Crippen LogP contribution in [0.2, 0.25) is 0 Å². The Labute approximate surface area is 121 Å². The Balaban J connectivity index is 1.92. The Morgan fingerprint density at radius 1 is 1.35 bits per heavy atom. The standard InChI is InChI=1S/C16H26N2O2/c1-12(2)18-8-9-19-14(10-18)11-20-16-7-5-4-6-15(16)13(3)17/h4-7,12-14H,8-11,17H2,1-3H3. The van der Waals surface area contributed by atoms with E-state index in [1.165, 1.54) is 0 Å². The molecule has 0 aromatic heterocycles. The van der Waals surface area contributed by atoms with E-state index >= 15 is 0 Å². The fourth-order valence-electron chi connectivity index (χ4n) is 2.48. The van der Waals surface area contributed by atoms with Gasteiger partial charge in [-0.2, -0.15) is 0 Å². The van der Waals surface area contributed by atoms with Gasteiger partial charge >= 0.3 is 0 Å². The number of para-hydroxylation sites is 1. The molecular formula is C16H26N2O2. The first-order valence-corrected chi connectivity index (χ1v) is 7.41. The molecule has 4 nitrogen and oxygen atoms in total. The normalized spacial score (nSPS) is 21.9. The second-order valence-electron chi connectivity index (χ2n) is 5.72. The third kappa shape index (κ3) is 3.95. The van der Waals surface area contributed by atoms with E-state index in [0.717, 1.165) is 31.0 Å². The van der Waals surface area contributed by atoms with Crippen LogP contribution < -0.4 is 10.5 Å². The molecule has 20 heavy (non-hydrogen) atoms. The van der Waals surface area contributed by atoms with Crippen LogP contribution in [0.15, 0.2) is 24.3 Å². The highest BCUT2D eigenvalue weighted by atomic mass is 16.5. The highest BCUT2D eigenvalue weighted by Crippen LogP contribution is 2.23. The first-order valence-electron chi connectivity index (χ1n) is 7.41. The Kier molecular flexibility index (Phi) is 5.40. The molecule has 2 atom stereocenters. The van der Waals surface area contributed by atoms with Crippen LogP contribution in [-0.2, 0) is 4.74 Å². The van der Waals surface area contributed by atoms with Crippen LogP contribution in [0, 0.1) is 0 Å². The molecule has 0 spiro atoms. The van der Waals surface area contributed by atoms with Crippen LogP contribution in [0.4, 0.5) is 0 Å². The van der Waals surface area contributed by atoms with Gasteiger partial charge in [-0.05, 0) is 26.8 Å². The van der Waals surface area contributed by atoms with E-state index < -0.39 is 0 Å². The lowest BCUT2D eigenvalue weighted by Crippen LogP contribution is -2.47. The minimum Gasteiger partial charge on any atom is -0.490 e. The number of ether oxygens (including phenoxy) is 2. The molecule has 1 heterocycles. The highest BCUT2D eigenvalue weighted by Gasteiger charge is 2.23. The van der Waals surface area contributed by atoms with E-state index in [1.54, 1.807) is 0 Å². The van der Waals surface area contributed by atoms with Crippen molar-refractivity contribution >= 4 is 0 Å². The maximum absolute atomic E-state index is 5.97. The summed E-state index contributed by atoms with van der Waals surface area (Å²) in [6.45, 7) is 9.69. The van der Waals surface area contributed by atoms with Gasteiger partial charge in [0.1, 0.15) is 18.5 Å². The lowest BCUT2D eigenvalue weighted by molar-refractivity contribution is -0.0565. The van der Waals surface area contributed by atoms with Crippen molar-refractivity contribution in [1.82, 2.24) is 4.90 Å². The van der Waals surface area contributed by atoms with Crippen molar-refractivity contribution in [3.63, 3.8) is 0 Å². The number of nitrogens with zero attached hydrogens (tertiary/aromatic N) is 1. The summed E-state index contributed by atoms with van der Waals surface area (Å²) in [4.78, 5) is 2.43. The molecule has 2 N–H and O–H groups in total. The number of nitrogens with two attached hydrogens (primary N) is 1. The number of benzene rings is 1. The molecule has 2 unspecified atom stereocenters. The predicted molar refractivity (Wildman–Crippen MR) is 81.0 cm³/mol. The van der Waals surface area contributed by atoms with Crippen LogP contribution in [-0.4, -0.2) is 43.3 Å². The molecule has 1 aliphatic rings. The van der Waals surface area contributed by atoms with Crippen molar-refractivity contribution in [3.8, 4) is 5.75 Å². The minimum absolute atomic E-state index is 0.0226. The van der Waals surface area contributed by atoms with E-state index in [1.807, 2.05) is 31.2 Å². The lowest BCUT2D eigenvalue weighted by atomic mass is 10.1. The van der Waals surface area contributed by atoms with Gasteiger partial charge in [0.25, 0.3) is 0 Å². The third-order valence-electron chi connectivity index (χ3n) is 3.73. The number of hydrogen-bond donors (Lipinski definition) is 1. The minimum atomic E-state index is -0.0226. The Morgan fingerprint density at radius 2 is 2.10 bits per heavy atom. The van der Waals surface area contributed by atoms with Gasteiger partial charge in [0.05, 0.1) is 6.61 Å². The Hall–Kier alpha value is -1.10. The molecule has 1 aromatic carbocycles.